The van der Waals surface area contributed by atoms with Crippen molar-refractivity contribution in [2.24, 2.45) is 34.5 Å². The van der Waals surface area contributed by atoms with Gasteiger partial charge in [0.2, 0.25) is 5.91 Å². The van der Waals surface area contributed by atoms with Gasteiger partial charge in [-0.1, -0.05) is 32.0 Å². The zero-order valence-electron chi connectivity index (χ0n) is 18.8. The Morgan fingerprint density at radius 3 is 2.37 bits per heavy atom. The zero-order chi connectivity index (χ0) is 20.7. The maximum absolute atomic E-state index is 13.3. The molecule has 7 rings (SSSR count). The van der Waals surface area contributed by atoms with Crippen LogP contribution in [-0.4, -0.2) is 17.4 Å². The molecule has 160 valence electrons. The van der Waals surface area contributed by atoms with Crippen LogP contribution in [0.1, 0.15) is 76.0 Å². The van der Waals surface area contributed by atoms with E-state index in [1.54, 1.807) is 0 Å². The fourth-order valence-electron chi connectivity index (χ4n) is 8.47. The highest BCUT2D eigenvalue weighted by molar-refractivity contribution is 5.86. The number of carbonyl (C=O) groups is 1. The number of H-pyrrole nitrogens is 1. The predicted molar refractivity (Wildman–Crippen MR) is 121 cm³/mol. The lowest BCUT2D eigenvalue weighted by atomic mass is 9.49. The standard InChI is InChI=1S/C27H36N2O/c1-16-23(20-6-4-5-7-22(20)29-16)24-21(26(24,2)3)8-9-28-25(30)27-13-17-10-18(14-27)12-19(11-17)15-27/h4-7,17-19,21,24,29H,8-15H2,1-3H3,(H,28,30). The van der Waals surface area contributed by atoms with Crippen molar-refractivity contribution in [1.29, 1.82) is 0 Å². The number of fused-ring (bicyclic) bond motifs is 1. The average Bonchev–Trinajstić information content (AvgIpc) is 3.05. The third kappa shape index (κ3) is 2.73. The minimum Gasteiger partial charge on any atom is -0.358 e. The van der Waals surface area contributed by atoms with E-state index in [0.717, 1.165) is 50.0 Å². The molecule has 5 saturated carbocycles. The highest BCUT2D eigenvalue weighted by atomic mass is 16.2. The number of nitrogens with one attached hydrogen (secondary N) is 2. The van der Waals surface area contributed by atoms with Crippen LogP contribution in [-0.2, 0) is 4.79 Å². The third-order valence-corrected chi connectivity index (χ3v) is 9.57. The van der Waals surface area contributed by atoms with Gasteiger partial charge in [0.25, 0.3) is 0 Å². The molecule has 0 radical (unpaired) electrons. The van der Waals surface area contributed by atoms with Crippen LogP contribution >= 0.6 is 0 Å². The molecule has 2 N–H and O–H groups in total. The summed E-state index contributed by atoms with van der Waals surface area (Å²) in [4.78, 5) is 16.9. The second-order valence-electron chi connectivity index (χ2n) is 11.9. The summed E-state index contributed by atoms with van der Waals surface area (Å²) < 4.78 is 0. The number of benzene rings is 1. The minimum atomic E-state index is -0.0132. The van der Waals surface area contributed by atoms with Gasteiger partial charge >= 0.3 is 0 Å². The highest BCUT2D eigenvalue weighted by Crippen LogP contribution is 2.67. The molecule has 0 saturated heterocycles. The molecule has 30 heavy (non-hydrogen) atoms. The molecule has 0 spiro atoms. The second-order valence-corrected chi connectivity index (χ2v) is 11.9. The van der Waals surface area contributed by atoms with Crippen molar-refractivity contribution in [3.05, 3.63) is 35.5 Å². The van der Waals surface area contributed by atoms with E-state index < -0.39 is 0 Å². The molecule has 5 aliphatic rings. The van der Waals surface area contributed by atoms with Crippen molar-refractivity contribution in [1.82, 2.24) is 10.3 Å². The molecule has 2 atom stereocenters. The molecule has 5 aliphatic carbocycles. The van der Waals surface area contributed by atoms with Crippen molar-refractivity contribution in [3.63, 3.8) is 0 Å². The molecule has 5 fully saturated rings. The van der Waals surface area contributed by atoms with Crippen molar-refractivity contribution in [2.45, 2.75) is 71.6 Å². The van der Waals surface area contributed by atoms with E-state index in [0.29, 0.717) is 23.2 Å². The second kappa shape index (κ2) is 6.37. The van der Waals surface area contributed by atoms with Gasteiger partial charge in [0.15, 0.2) is 0 Å². The molecule has 0 aliphatic heterocycles. The average molecular weight is 405 g/mol. The number of rotatable bonds is 5. The Kier molecular flexibility index (Phi) is 4.03. The Morgan fingerprint density at radius 2 is 1.70 bits per heavy atom. The smallest absolute Gasteiger partial charge is 0.226 e. The Labute approximate surface area is 180 Å². The minimum absolute atomic E-state index is 0.0132. The van der Waals surface area contributed by atoms with Crippen molar-refractivity contribution >= 4 is 16.8 Å². The largest absolute Gasteiger partial charge is 0.358 e. The van der Waals surface area contributed by atoms with Gasteiger partial charge < -0.3 is 10.3 Å². The molecule has 2 aromatic rings. The van der Waals surface area contributed by atoms with Gasteiger partial charge in [0, 0.05) is 28.6 Å². The van der Waals surface area contributed by atoms with Crippen LogP contribution < -0.4 is 5.32 Å². The third-order valence-electron chi connectivity index (χ3n) is 9.57. The first-order chi connectivity index (χ1) is 14.4. The summed E-state index contributed by atoms with van der Waals surface area (Å²) in [7, 11) is 0. The van der Waals surface area contributed by atoms with Gasteiger partial charge in [-0.15, -0.1) is 0 Å². The Hall–Kier alpha value is -1.77. The summed E-state index contributed by atoms with van der Waals surface area (Å²) in [6.07, 6.45) is 8.77. The summed E-state index contributed by atoms with van der Waals surface area (Å²) in [5.74, 6) is 4.12. The number of aromatic amines is 1. The number of hydrogen-bond acceptors (Lipinski definition) is 1. The lowest BCUT2D eigenvalue weighted by molar-refractivity contribution is -0.146. The molecule has 4 bridgehead atoms. The van der Waals surface area contributed by atoms with Crippen molar-refractivity contribution in [2.75, 3.05) is 6.54 Å². The molecule has 1 amide bonds. The Balaban J connectivity index is 1.13. The van der Waals surface area contributed by atoms with Crippen LogP contribution in [0.15, 0.2) is 24.3 Å². The topological polar surface area (TPSA) is 44.9 Å². The van der Waals surface area contributed by atoms with Crippen LogP contribution in [0.4, 0.5) is 0 Å². The van der Waals surface area contributed by atoms with Crippen molar-refractivity contribution < 1.29 is 4.79 Å². The van der Waals surface area contributed by atoms with Gasteiger partial charge in [-0.3, -0.25) is 4.79 Å². The molecular weight excluding hydrogens is 368 g/mol. The van der Waals surface area contributed by atoms with Gasteiger partial charge in [0.05, 0.1) is 0 Å². The first kappa shape index (κ1) is 19.0. The number of carbonyl (C=O) groups excluding carboxylic acids is 1. The quantitative estimate of drug-likeness (QED) is 0.636. The van der Waals surface area contributed by atoms with Gasteiger partial charge in [-0.25, -0.2) is 0 Å². The van der Waals surface area contributed by atoms with E-state index in [1.807, 2.05) is 0 Å². The summed E-state index contributed by atoms with van der Waals surface area (Å²) in [5.41, 5.74) is 4.37. The van der Waals surface area contributed by atoms with Crippen LogP contribution in [0.2, 0.25) is 0 Å². The first-order valence-electron chi connectivity index (χ1n) is 12.2. The van der Waals surface area contributed by atoms with E-state index in [9.17, 15) is 4.79 Å². The van der Waals surface area contributed by atoms with Crippen LogP contribution in [0.3, 0.4) is 0 Å². The number of aromatic nitrogens is 1. The molecule has 3 nitrogen and oxygen atoms in total. The van der Waals surface area contributed by atoms with Gasteiger partial charge in [-0.05, 0) is 98.5 Å². The number of para-hydroxylation sites is 1. The summed E-state index contributed by atoms with van der Waals surface area (Å²) in [6, 6.07) is 8.70. The maximum atomic E-state index is 13.3. The molecule has 1 heterocycles. The number of aryl methyl sites for hydroxylation is 1. The summed E-state index contributed by atoms with van der Waals surface area (Å²) in [6.45, 7) is 7.87. The molecule has 1 aromatic carbocycles. The van der Waals surface area contributed by atoms with Crippen LogP contribution in [0.5, 0.6) is 0 Å². The van der Waals surface area contributed by atoms with E-state index in [4.69, 9.17) is 0 Å². The van der Waals surface area contributed by atoms with E-state index in [-0.39, 0.29) is 5.41 Å². The zero-order valence-corrected chi connectivity index (χ0v) is 18.8. The lowest BCUT2D eigenvalue weighted by Crippen LogP contribution is -2.53. The monoisotopic (exact) mass is 404 g/mol. The summed E-state index contributed by atoms with van der Waals surface area (Å²) >= 11 is 0. The fraction of sp³-hybridized carbons (Fsp3) is 0.667. The Morgan fingerprint density at radius 1 is 1.07 bits per heavy atom. The van der Waals surface area contributed by atoms with Crippen LogP contribution in [0.25, 0.3) is 10.9 Å². The predicted octanol–water partition coefficient (Wildman–Crippen LogP) is 5.94. The van der Waals surface area contributed by atoms with Crippen LogP contribution in [0, 0.1) is 41.4 Å². The highest BCUT2D eigenvalue weighted by Gasteiger charge is 2.59. The van der Waals surface area contributed by atoms with E-state index in [2.05, 4.69) is 55.3 Å². The molecule has 2 unspecified atom stereocenters. The number of amides is 1. The van der Waals surface area contributed by atoms with Gasteiger partial charge in [0.1, 0.15) is 0 Å². The molecular formula is C27H36N2O. The maximum Gasteiger partial charge on any atom is 0.226 e. The van der Waals surface area contributed by atoms with Gasteiger partial charge in [-0.2, -0.15) is 0 Å². The SMILES string of the molecule is Cc1[nH]c2ccccc2c1C1C(CCNC(=O)C23CC4CC(CC(C4)C2)C3)C1(C)C. The van der Waals surface area contributed by atoms with E-state index in [1.165, 1.54) is 41.4 Å². The normalized spacial score (nSPS) is 38.2. The first-order valence-corrected chi connectivity index (χ1v) is 12.2. The van der Waals surface area contributed by atoms with E-state index >= 15 is 0 Å². The summed E-state index contributed by atoms with van der Waals surface area (Å²) in [5, 5.41) is 4.80. The van der Waals surface area contributed by atoms with Crippen molar-refractivity contribution in [3.8, 4) is 0 Å². The number of hydrogen-bond donors (Lipinski definition) is 2. The lowest BCUT2D eigenvalue weighted by Gasteiger charge is -2.55. The fourth-order valence-corrected chi connectivity index (χ4v) is 8.47. The molecule has 1 aromatic heterocycles. The Bertz CT molecular complexity index is 964. The molecule has 3 heteroatoms.